The number of benzene rings is 2. The van der Waals surface area contributed by atoms with Gasteiger partial charge in [-0.2, -0.15) is 0 Å². The molecule has 1 aliphatic heterocycles. The number of anilines is 2. The maximum atomic E-state index is 12.8. The average Bonchev–Trinajstić information content (AvgIpc) is 3.23. The van der Waals surface area contributed by atoms with Crippen LogP contribution in [0.4, 0.5) is 11.5 Å². The first-order valence-corrected chi connectivity index (χ1v) is 11.5. The third-order valence-corrected chi connectivity index (χ3v) is 6.16. The van der Waals surface area contributed by atoms with Crippen LogP contribution in [0.15, 0.2) is 46.0 Å². The molecule has 1 saturated heterocycles. The predicted molar refractivity (Wildman–Crippen MR) is 134 cm³/mol. The molecule has 0 saturated carbocycles. The highest BCUT2D eigenvalue weighted by atomic mass is 35.5. The van der Waals surface area contributed by atoms with Gasteiger partial charge in [-0.05, 0) is 48.7 Å². The first-order chi connectivity index (χ1) is 16.5. The van der Waals surface area contributed by atoms with E-state index in [2.05, 4.69) is 31.2 Å². The average molecular weight is 481 g/mol. The van der Waals surface area contributed by atoms with Crippen molar-refractivity contribution in [3.8, 4) is 11.4 Å². The summed E-state index contributed by atoms with van der Waals surface area (Å²) in [5.41, 5.74) is 3.89. The van der Waals surface area contributed by atoms with Gasteiger partial charge in [-0.3, -0.25) is 14.8 Å². The molecule has 0 aliphatic carbocycles. The Morgan fingerprint density at radius 1 is 1.12 bits per heavy atom. The molecule has 0 atom stereocenters. The summed E-state index contributed by atoms with van der Waals surface area (Å²) in [7, 11) is 0. The molecule has 34 heavy (non-hydrogen) atoms. The van der Waals surface area contributed by atoms with Gasteiger partial charge in [-0.25, -0.2) is 9.78 Å². The van der Waals surface area contributed by atoms with Crippen molar-refractivity contribution in [3.63, 3.8) is 0 Å². The molecule has 9 nitrogen and oxygen atoms in total. The van der Waals surface area contributed by atoms with E-state index in [-0.39, 0.29) is 5.56 Å². The summed E-state index contributed by atoms with van der Waals surface area (Å²) < 4.78 is 5.46. The normalized spacial score (nSPS) is 14.0. The molecule has 2 aromatic heterocycles. The van der Waals surface area contributed by atoms with Crippen molar-refractivity contribution in [1.82, 2.24) is 19.9 Å². The van der Waals surface area contributed by atoms with Crippen LogP contribution in [0.2, 0.25) is 5.02 Å². The number of morpholine rings is 1. The molecule has 1 fully saturated rings. The van der Waals surface area contributed by atoms with Crippen molar-refractivity contribution in [2.24, 2.45) is 0 Å². The summed E-state index contributed by atoms with van der Waals surface area (Å²) in [6, 6.07) is 11.7. The lowest BCUT2D eigenvalue weighted by Gasteiger charge is -2.29. The maximum Gasteiger partial charge on any atom is 0.327 e. The second kappa shape index (κ2) is 9.36. The fraction of sp³-hybridized carbons (Fsp3) is 0.292. The smallest absolute Gasteiger partial charge is 0.327 e. The molecule has 1 aliphatic rings. The van der Waals surface area contributed by atoms with Crippen LogP contribution in [-0.2, 0) is 11.2 Å². The summed E-state index contributed by atoms with van der Waals surface area (Å²) in [5.74, 6) is 0.709. The molecule has 2 aromatic carbocycles. The van der Waals surface area contributed by atoms with E-state index in [1.165, 1.54) is 0 Å². The van der Waals surface area contributed by atoms with E-state index < -0.39 is 11.2 Å². The van der Waals surface area contributed by atoms with E-state index >= 15 is 0 Å². The molecule has 0 amide bonds. The molecule has 4 N–H and O–H groups in total. The predicted octanol–water partition coefficient (Wildman–Crippen LogP) is 3.06. The quantitative estimate of drug-likeness (QED) is 0.337. The zero-order valence-electron chi connectivity index (χ0n) is 18.7. The lowest BCUT2D eigenvalue weighted by molar-refractivity contribution is 0.122. The van der Waals surface area contributed by atoms with Crippen LogP contribution in [-0.4, -0.2) is 52.8 Å². The molecule has 0 spiro atoms. The molecular formula is C24H25ClN6O3. The van der Waals surface area contributed by atoms with Crippen LogP contribution in [0.3, 0.4) is 0 Å². The fourth-order valence-corrected chi connectivity index (χ4v) is 4.48. The number of ether oxygens (including phenoxy) is 1. The van der Waals surface area contributed by atoms with Crippen LogP contribution in [0.25, 0.3) is 22.4 Å². The Kier molecular flexibility index (Phi) is 6.12. The highest BCUT2D eigenvalue weighted by Crippen LogP contribution is 2.28. The van der Waals surface area contributed by atoms with Gasteiger partial charge in [0, 0.05) is 30.3 Å². The van der Waals surface area contributed by atoms with E-state index in [1.807, 2.05) is 37.3 Å². The molecule has 5 rings (SSSR count). The van der Waals surface area contributed by atoms with Crippen molar-refractivity contribution < 1.29 is 4.74 Å². The minimum Gasteiger partial charge on any atom is -0.378 e. The molecular weight excluding hydrogens is 456 g/mol. The van der Waals surface area contributed by atoms with Gasteiger partial charge in [0.2, 0.25) is 0 Å². The van der Waals surface area contributed by atoms with Crippen molar-refractivity contribution in [1.29, 1.82) is 0 Å². The summed E-state index contributed by atoms with van der Waals surface area (Å²) in [4.78, 5) is 40.1. The van der Waals surface area contributed by atoms with Gasteiger partial charge < -0.3 is 19.9 Å². The standard InChI is InChI=1S/C24H25ClN6O3/c1-14-11-17(31-7-9-34-10-8-31)13-18-20(14)28-22(27-18)19-21(29-24(33)30-23(19)32)26-6-5-15-3-2-4-16(25)12-15/h2-4,11-13H,5-10H2,1H3,(H,27,28)(H3,26,29,30,32,33). The second-order valence-electron chi connectivity index (χ2n) is 8.31. The molecule has 4 aromatic rings. The first kappa shape index (κ1) is 22.2. The molecule has 10 heteroatoms. The largest absolute Gasteiger partial charge is 0.378 e. The van der Waals surface area contributed by atoms with Crippen LogP contribution in [0.5, 0.6) is 0 Å². The Labute approximate surface area is 200 Å². The van der Waals surface area contributed by atoms with Gasteiger partial charge in [-0.15, -0.1) is 0 Å². The molecule has 0 unspecified atom stereocenters. The van der Waals surface area contributed by atoms with E-state index in [4.69, 9.17) is 21.3 Å². The van der Waals surface area contributed by atoms with Gasteiger partial charge in [0.05, 0.1) is 24.2 Å². The number of rotatable bonds is 6. The number of H-pyrrole nitrogens is 3. The van der Waals surface area contributed by atoms with Gasteiger partial charge in [-0.1, -0.05) is 23.7 Å². The number of fused-ring (bicyclic) bond motifs is 1. The number of hydrogen-bond acceptors (Lipinski definition) is 6. The van der Waals surface area contributed by atoms with Crippen molar-refractivity contribution in [3.05, 3.63) is 73.4 Å². The molecule has 3 heterocycles. The van der Waals surface area contributed by atoms with Crippen LogP contribution < -0.4 is 21.5 Å². The highest BCUT2D eigenvalue weighted by Gasteiger charge is 2.19. The van der Waals surface area contributed by atoms with E-state index in [1.54, 1.807) is 0 Å². The van der Waals surface area contributed by atoms with Gasteiger partial charge in [0.15, 0.2) is 0 Å². The topological polar surface area (TPSA) is 119 Å². The summed E-state index contributed by atoms with van der Waals surface area (Å²) in [5, 5.41) is 3.85. The summed E-state index contributed by atoms with van der Waals surface area (Å²) in [6.07, 6.45) is 0.664. The Hall–Kier alpha value is -3.56. The first-order valence-electron chi connectivity index (χ1n) is 11.2. The van der Waals surface area contributed by atoms with Gasteiger partial charge in [0.25, 0.3) is 5.56 Å². The van der Waals surface area contributed by atoms with Gasteiger partial charge in [0.1, 0.15) is 17.2 Å². The third kappa shape index (κ3) is 4.57. The highest BCUT2D eigenvalue weighted by molar-refractivity contribution is 6.30. The maximum absolute atomic E-state index is 12.8. The van der Waals surface area contributed by atoms with Crippen LogP contribution >= 0.6 is 11.6 Å². The molecule has 176 valence electrons. The second-order valence-corrected chi connectivity index (χ2v) is 8.75. The lowest BCUT2D eigenvalue weighted by Crippen LogP contribution is -2.36. The number of nitrogens with zero attached hydrogens (tertiary/aromatic N) is 2. The Morgan fingerprint density at radius 3 is 2.74 bits per heavy atom. The Morgan fingerprint density at radius 2 is 1.94 bits per heavy atom. The number of nitrogens with one attached hydrogen (secondary N) is 4. The number of halogens is 1. The van der Waals surface area contributed by atoms with E-state index in [9.17, 15) is 9.59 Å². The zero-order valence-corrected chi connectivity index (χ0v) is 19.5. The number of imidazole rings is 1. The lowest BCUT2D eigenvalue weighted by atomic mass is 10.1. The van der Waals surface area contributed by atoms with Crippen LogP contribution in [0, 0.1) is 6.92 Å². The SMILES string of the molecule is Cc1cc(N2CCOCC2)cc2[nH]c(-c3c(NCCc4cccc(Cl)c4)[nH]c(=O)[nH]c3=O)nc12. The zero-order chi connectivity index (χ0) is 23.7. The minimum atomic E-state index is -0.582. The van der Waals surface area contributed by atoms with E-state index in [0.29, 0.717) is 42.8 Å². The Bertz CT molecular complexity index is 1450. The summed E-state index contributed by atoms with van der Waals surface area (Å²) >= 11 is 6.06. The van der Waals surface area contributed by atoms with E-state index in [0.717, 1.165) is 40.9 Å². The van der Waals surface area contributed by atoms with Crippen molar-refractivity contribution in [2.45, 2.75) is 13.3 Å². The third-order valence-electron chi connectivity index (χ3n) is 5.92. The Balaban J connectivity index is 1.47. The van der Waals surface area contributed by atoms with Crippen LogP contribution in [0.1, 0.15) is 11.1 Å². The number of aromatic amines is 3. The molecule has 0 radical (unpaired) electrons. The fourth-order valence-electron chi connectivity index (χ4n) is 4.26. The number of aryl methyl sites for hydroxylation is 1. The minimum absolute atomic E-state index is 0.259. The van der Waals surface area contributed by atoms with Crippen molar-refractivity contribution in [2.75, 3.05) is 43.1 Å². The monoisotopic (exact) mass is 480 g/mol. The number of hydrogen-bond donors (Lipinski definition) is 4. The van der Waals surface area contributed by atoms with Gasteiger partial charge >= 0.3 is 5.69 Å². The summed E-state index contributed by atoms with van der Waals surface area (Å²) in [6.45, 7) is 5.54. The van der Waals surface area contributed by atoms with Crippen molar-refractivity contribution >= 4 is 34.1 Å². The molecule has 0 bridgehead atoms. The number of aromatic nitrogens is 4.